The number of halogens is 3. The van der Waals surface area contributed by atoms with Crippen LogP contribution in [-0.4, -0.2) is 44.7 Å². The molecule has 3 heterocycles. The van der Waals surface area contributed by atoms with Gasteiger partial charge in [-0.3, -0.25) is 19.6 Å². The Balaban J connectivity index is 1.53. The minimum absolute atomic E-state index is 0.0971. The Kier molecular flexibility index (Phi) is 5.94. The number of nitrogens with zero attached hydrogens (tertiary/aromatic N) is 5. The fourth-order valence-electron chi connectivity index (χ4n) is 3.51. The van der Waals surface area contributed by atoms with Crippen LogP contribution in [0.5, 0.6) is 0 Å². The summed E-state index contributed by atoms with van der Waals surface area (Å²) in [6, 6.07) is 2.25. The van der Waals surface area contributed by atoms with Crippen LogP contribution in [0.15, 0.2) is 18.3 Å². The molecule has 0 unspecified atom stereocenters. The van der Waals surface area contributed by atoms with Crippen LogP contribution in [-0.2, 0) is 17.5 Å². The van der Waals surface area contributed by atoms with Gasteiger partial charge in [-0.25, -0.2) is 4.98 Å². The second-order valence-electron chi connectivity index (χ2n) is 7.17. The van der Waals surface area contributed by atoms with Crippen molar-refractivity contribution in [2.24, 2.45) is 0 Å². The molecule has 1 saturated heterocycles. The molecule has 0 bridgehead atoms. The summed E-state index contributed by atoms with van der Waals surface area (Å²) in [6.45, 7) is 4.01. The fraction of sp³-hybridized carbons (Fsp3) is 0.500. The van der Waals surface area contributed by atoms with E-state index in [4.69, 9.17) is 0 Å². The minimum Gasteiger partial charge on any atom is -0.356 e. The minimum atomic E-state index is -4.42. The molecule has 1 fully saturated rings. The van der Waals surface area contributed by atoms with Crippen LogP contribution in [0.3, 0.4) is 0 Å². The number of alkyl halides is 3. The molecule has 30 heavy (non-hydrogen) atoms. The molecule has 1 aliphatic rings. The van der Waals surface area contributed by atoms with E-state index in [0.29, 0.717) is 37.4 Å². The normalized spacial score (nSPS) is 15.3. The van der Waals surface area contributed by atoms with Gasteiger partial charge in [-0.05, 0) is 38.8 Å². The third kappa shape index (κ3) is 4.69. The third-order valence-corrected chi connectivity index (χ3v) is 5.08. The summed E-state index contributed by atoms with van der Waals surface area (Å²) in [4.78, 5) is 28.6. The van der Waals surface area contributed by atoms with Gasteiger partial charge in [0.25, 0.3) is 0 Å². The van der Waals surface area contributed by atoms with Gasteiger partial charge in [0, 0.05) is 25.3 Å². The van der Waals surface area contributed by atoms with Crippen molar-refractivity contribution in [3.05, 3.63) is 45.4 Å². The first-order chi connectivity index (χ1) is 14.1. The number of hydrogen-bond donors (Lipinski definition) is 1. The van der Waals surface area contributed by atoms with Crippen molar-refractivity contribution in [3.63, 3.8) is 0 Å². The molecule has 162 valence electrons. The van der Waals surface area contributed by atoms with E-state index in [1.165, 1.54) is 17.7 Å². The Morgan fingerprint density at radius 3 is 2.47 bits per heavy atom. The van der Waals surface area contributed by atoms with Crippen LogP contribution in [0.1, 0.15) is 29.8 Å². The third-order valence-electron chi connectivity index (χ3n) is 5.08. The lowest BCUT2D eigenvalue weighted by molar-refractivity contribution is -0.386. The molecular weight excluding hydrogens is 405 g/mol. The highest BCUT2D eigenvalue weighted by atomic mass is 19.4. The molecule has 3 rings (SSSR count). The number of aryl methyl sites for hydroxylation is 1. The maximum atomic E-state index is 12.6. The number of carbonyl (C=O) groups is 1. The molecule has 0 atom stereocenters. The first-order valence-corrected chi connectivity index (χ1v) is 9.32. The zero-order valence-electron chi connectivity index (χ0n) is 16.4. The summed E-state index contributed by atoms with van der Waals surface area (Å²) in [5.74, 6) is 0.157. The summed E-state index contributed by atoms with van der Waals surface area (Å²) >= 11 is 0. The van der Waals surface area contributed by atoms with Crippen LogP contribution in [0.2, 0.25) is 0 Å². The summed E-state index contributed by atoms with van der Waals surface area (Å²) in [7, 11) is 0. The van der Waals surface area contributed by atoms with Crippen LogP contribution in [0.4, 0.5) is 24.7 Å². The molecule has 0 aromatic carbocycles. The highest BCUT2D eigenvalue weighted by Crippen LogP contribution is 2.29. The summed E-state index contributed by atoms with van der Waals surface area (Å²) in [5.41, 5.74) is -0.323. The number of nitrogens with one attached hydrogen (secondary N) is 1. The highest BCUT2D eigenvalue weighted by Gasteiger charge is 2.31. The number of carbonyl (C=O) groups excluding carboxylic acids is 1. The van der Waals surface area contributed by atoms with Crippen molar-refractivity contribution in [1.82, 2.24) is 20.1 Å². The van der Waals surface area contributed by atoms with Gasteiger partial charge < -0.3 is 10.2 Å². The van der Waals surface area contributed by atoms with Gasteiger partial charge in [-0.1, -0.05) is 0 Å². The standard InChI is InChI=1S/C18H21F3N6O3/c1-11-17(27(29)30)12(2)26(24-11)10-16(28)23-14-5-7-25(8-6-14)15-4-3-13(9-22-15)18(19,20)21/h3-4,9,14H,5-8,10H2,1-2H3,(H,23,28). The number of amides is 1. The van der Waals surface area contributed by atoms with Crippen molar-refractivity contribution in [2.75, 3.05) is 18.0 Å². The zero-order valence-corrected chi connectivity index (χ0v) is 16.4. The molecule has 0 aliphatic carbocycles. The van der Waals surface area contributed by atoms with Gasteiger partial charge >= 0.3 is 11.9 Å². The lowest BCUT2D eigenvalue weighted by Crippen LogP contribution is -2.45. The van der Waals surface area contributed by atoms with Crippen LogP contribution in [0.25, 0.3) is 0 Å². The summed E-state index contributed by atoms with van der Waals surface area (Å²) in [5, 5.41) is 18.0. The monoisotopic (exact) mass is 426 g/mol. The second-order valence-corrected chi connectivity index (χ2v) is 7.17. The molecule has 1 amide bonds. The molecule has 0 radical (unpaired) electrons. The van der Waals surface area contributed by atoms with E-state index in [1.54, 1.807) is 6.92 Å². The number of rotatable bonds is 5. The topological polar surface area (TPSA) is 106 Å². The molecule has 1 N–H and O–H groups in total. The van der Waals surface area contributed by atoms with Crippen LogP contribution < -0.4 is 10.2 Å². The van der Waals surface area contributed by atoms with E-state index in [2.05, 4.69) is 15.4 Å². The van der Waals surface area contributed by atoms with E-state index in [-0.39, 0.29) is 29.9 Å². The van der Waals surface area contributed by atoms with Gasteiger partial charge in [-0.2, -0.15) is 18.3 Å². The number of nitro groups is 1. The first kappa shape index (κ1) is 21.5. The number of piperidine rings is 1. The maximum absolute atomic E-state index is 12.6. The maximum Gasteiger partial charge on any atom is 0.417 e. The number of anilines is 1. The largest absolute Gasteiger partial charge is 0.417 e. The number of pyridine rings is 1. The van der Waals surface area contributed by atoms with Crippen molar-refractivity contribution < 1.29 is 22.9 Å². The molecule has 1 aliphatic heterocycles. The molecule has 12 heteroatoms. The second kappa shape index (κ2) is 8.28. The Morgan fingerprint density at radius 1 is 1.30 bits per heavy atom. The van der Waals surface area contributed by atoms with Gasteiger partial charge in [0.2, 0.25) is 5.91 Å². The van der Waals surface area contributed by atoms with Gasteiger partial charge in [-0.15, -0.1) is 0 Å². The van der Waals surface area contributed by atoms with Gasteiger partial charge in [0.1, 0.15) is 23.8 Å². The predicted octanol–water partition coefficient (Wildman–Crippen LogP) is 2.61. The molecular formula is C18H21F3N6O3. The molecule has 0 saturated carbocycles. The lowest BCUT2D eigenvalue weighted by atomic mass is 10.0. The quantitative estimate of drug-likeness (QED) is 0.582. The molecule has 0 spiro atoms. The highest BCUT2D eigenvalue weighted by molar-refractivity contribution is 5.76. The SMILES string of the molecule is Cc1nn(CC(=O)NC2CCN(c3ccc(C(F)(F)F)cn3)CC2)c(C)c1[N+](=O)[O-]. The zero-order chi connectivity index (χ0) is 22.1. The van der Waals surface area contributed by atoms with E-state index in [1.807, 2.05) is 4.90 Å². The van der Waals surface area contributed by atoms with E-state index in [0.717, 1.165) is 12.3 Å². The van der Waals surface area contributed by atoms with Crippen molar-refractivity contribution in [1.29, 1.82) is 0 Å². The number of aromatic nitrogens is 3. The molecule has 9 nitrogen and oxygen atoms in total. The fourth-order valence-corrected chi connectivity index (χ4v) is 3.51. The Labute approximate surface area is 170 Å². The van der Waals surface area contributed by atoms with E-state index < -0.39 is 16.7 Å². The van der Waals surface area contributed by atoms with Crippen LogP contribution >= 0.6 is 0 Å². The lowest BCUT2D eigenvalue weighted by Gasteiger charge is -2.33. The first-order valence-electron chi connectivity index (χ1n) is 9.32. The smallest absolute Gasteiger partial charge is 0.356 e. The van der Waals surface area contributed by atoms with Crippen molar-refractivity contribution in [2.45, 2.75) is 45.5 Å². The Morgan fingerprint density at radius 2 is 1.97 bits per heavy atom. The Bertz CT molecular complexity index is 934. The van der Waals surface area contributed by atoms with E-state index >= 15 is 0 Å². The average Bonchev–Trinajstić information content (AvgIpc) is 2.95. The van der Waals surface area contributed by atoms with Gasteiger partial charge in [0.05, 0.1) is 10.5 Å². The molecule has 2 aromatic heterocycles. The number of hydrogen-bond acceptors (Lipinski definition) is 6. The summed E-state index contributed by atoms with van der Waals surface area (Å²) < 4.78 is 39.2. The van der Waals surface area contributed by atoms with E-state index in [9.17, 15) is 28.1 Å². The van der Waals surface area contributed by atoms with Gasteiger partial charge in [0.15, 0.2) is 0 Å². The predicted molar refractivity (Wildman–Crippen MR) is 101 cm³/mol. The van der Waals surface area contributed by atoms with Crippen molar-refractivity contribution in [3.8, 4) is 0 Å². The Hall–Kier alpha value is -3.18. The summed E-state index contributed by atoms with van der Waals surface area (Å²) in [6.07, 6.45) is -2.40. The average molecular weight is 426 g/mol. The molecule has 2 aromatic rings. The van der Waals surface area contributed by atoms with Crippen LogP contribution in [0, 0.1) is 24.0 Å². The van der Waals surface area contributed by atoms with Crippen molar-refractivity contribution >= 4 is 17.4 Å².